The van der Waals surface area contributed by atoms with Crippen molar-refractivity contribution in [2.75, 3.05) is 6.61 Å². The predicted octanol–water partition coefficient (Wildman–Crippen LogP) is 2.93. The summed E-state index contributed by atoms with van der Waals surface area (Å²) in [5.74, 6) is -0.214. The molecular weight excluding hydrogens is 288 g/mol. The number of carbonyl (C=O) groups is 1. The average Bonchev–Trinajstić information content (AvgIpc) is 3.07. The molecule has 0 radical (unpaired) electrons. The second kappa shape index (κ2) is 6.41. The summed E-state index contributed by atoms with van der Waals surface area (Å²) in [7, 11) is 0. The van der Waals surface area contributed by atoms with Gasteiger partial charge in [-0.3, -0.25) is 4.79 Å². The highest BCUT2D eigenvalue weighted by Crippen LogP contribution is 2.25. The smallest absolute Gasteiger partial charge is 0.271 e. The fourth-order valence-corrected chi connectivity index (χ4v) is 2.77. The van der Waals surface area contributed by atoms with Crippen LogP contribution in [0.2, 0.25) is 0 Å². The minimum Gasteiger partial charge on any atom is -0.472 e. The Hall–Kier alpha value is -1.66. The average molecular weight is 308 g/mol. The van der Waals surface area contributed by atoms with Crippen molar-refractivity contribution in [3.05, 3.63) is 29.7 Å². The summed E-state index contributed by atoms with van der Waals surface area (Å²) in [6.45, 7) is 6.14. The zero-order valence-electron chi connectivity index (χ0n) is 12.4. The van der Waals surface area contributed by atoms with Gasteiger partial charge in [0, 0.05) is 23.6 Å². The lowest BCUT2D eigenvalue weighted by atomic mass is 9.85. The molecule has 1 unspecified atom stereocenters. The molecule has 21 heavy (non-hydrogen) atoms. The van der Waals surface area contributed by atoms with Crippen LogP contribution in [-0.2, 0) is 0 Å². The molecule has 0 fully saturated rings. The van der Waals surface area contributed by atoms with E-state index in [4.69, 9.17) is 9.52 Å². The number of aliphatic hydroxyl groups excluding tert-OH is 1. The van der Waals surface area contributed by atoms with Gasteiger partial charge >= 0.3 is 0 Å². The third kappa shape index (κ3) is 3.92. The first-order valence-electron chi connectivity index (χ1n) is 6.81. The number of rotatable bonds is 5. The molecule has 2 N–H and O–H groups in total. The topological polar surface area (TPSA) is 75.4 Å². The van der Waals surface area contributed by atoms with E-state index in [-0.39, 0.29) is 24.0 Å². The van der Waals surface area contributed by atoms with E-state index in [0.29, 0.717) is 12.1 Å². The van der Waals surface area contributed by atoms with Gasteiger partial charge in [0.15, 0.2) is 0 Å². The molecule has 1 amide bonds. The van der Waals surface area contributed by atoms with Gasteiger partial charge < -0.3 is 14.8 Å². The number of furan rings is 1. The van der Waals surface area contributed by atoms with Gasteiger partial charge in [0.1, 0.15) is 17.0 Å². The molecule has 0 aromatic carbocycles. The summed E-state index contributed by atoms with van der Waals surface area (Å²) in [6, 6.07) is 1.71. The number of nitrogens with zero attached hydrogens (tertiary/aromatic N) is 1. The first-order valence-corrected chi connectivity index (χ1v) is 7.69. The highest BCUT2D eigenvalue weighted by atomic mass is 32.1. The Morgan fingerprint density at radius 3 is 2.86 bits per heavy atom. The largest absolute Gasteiger partial charge is 0.472 e. The molecule has 114 valence electrons. The monoisotopic (exact) mass is 308 g/mol. The highest BCUT2D eigenvalue weighted by Gasteiger charge is 2.26. The lowest BCUT2D eigenvalue weighted by molar-refractivity contribution is 0.0881. The van der Waals surface area contributed by atoms with Gasteiger partial charge in [-0.25, -0.2) is 4.98 Å². The van der Waals surface area contributed by atoms with E-state index in [2.05, 4.69) is 10.3 Å². The Labute approximate surface area is 128 Å². The summed E-state index contributed by atoms with van der Waals surface area (Å²) >= 11 is 1.40. The van der Waals surface area contributed by atoms with Gasteiger partial charge in [-0.05, 0) is 17.9 Å². The van der Waals surface area contributed by atoms with E-state index >= 15 is 0 Å². The van der Waals surface area contributed by atoms with Crippen LogP contribution in [0, 0.1) is 5.41 Å². The van der Waals surface area contributed by atoms with Crippen molar-refractivity contribution in [2.45, 2.75) is 33.2 Å². The van der Waals surface area contributed by atoms with Crippen LogP contribution < -0.4 is 5.32 Å². The molecule has 0 spiro atoms. The molecular formula is C15H20N2O3S. The van der Waals surface area contributed by atoms with Crippen molar-refractivity contribution in [3.8, 4) is 10.6 Å². The van der Waals surface area contributed by atoms with Crippen molar-refractivity contribution >= 4 is 17.2 Å². The standard InChI is InChI=1S/C15H20N2O3S/c1-15(2,3)12(4-6-18)17-13(19)11-9-21-14(16-11)10-5-7-20-8-10/h5,7-9,12,18H,4,6H2,1-3H3,(H,17,19). The van der Waals surface area contributed by atoms with Crippen LogP contribution in [-0.4, -0.2) is 28.6 Å². The third-order valence-electron chi connectivity index (χ3n) is 3.27. The summed E-state index contributed by atoms with van der Waals surface area (Å²) in [6.07, 6.45) is 3.70. The number of carbonyl (C=O) groups excluding carboxylic acids is 1. The fourth-order valence-electron chi connectivity index (χ4n) is 1.98. The van der Waals surface area contributed by atoms with Gasteiger partial charge in [-0.1, -0.05) is 20.8 Å². The molecule has 0 saturated heterocycles. The van der Waals surface area contributed by atoms with Crippen LogP contribution in [0.25, 0.3) is 10.6 Å². The number of hydrogen-bond acceptors (Lipinski definition) is 5. The first-order chi connectivity index (χ1) is 9.91. The predicted molar refractivity (Wildman–Crippen MR) is 82.2 cm³/mol. The number of amides is 1. The fraction of sp³-hybridized carbons (Fsp3) is 0.467. The summed E-state index contributed by atoms with van der Waals surface area (Å²) < 4.78 is 5.02. The number of aromatic nitrogens is 1. The van der Waals surface area contributed by atoms with Crippen molar-refractivity contribution in [1.29, 1.82) is 0 Å². The Morgan fingerprint density at radius 2 is 2.29 bits per heavy atom. The van der Waals surface area contributed by atoms with Crippen LogP contribution in [0.1, 0.15) is 37.7 Å². The van der Waals surface area contributed by atoms with Crippen LogP contribution >= 0.6 is 11.3 Å². The van der Waals surface area contributed by atoms with Crippen molar-refractivity contribution in [1.82, 2.24) is 10.3 Å². The molecule has 1 atom stereocenters. The summed E-state index contributed by atoms with van der Waals surface area (Å²) in [5, 5.41) is 14.6. The molecule has 5 nitrogen and oxygen atoms in total. The molecule has 0 saturated carbocycles. The first kappa shape index (κ1) is 15.7. The van der Waals surface area contributed by atoms with Gasteiger partial charge in [-0.2, -0.15) is 0 Å². The van der Waals surface area contributed by atoms with Crippen molar-refractivity contribution in [3.63, 3.8) is 0 Å². The van der Waals surface area contributed by atoms with Crippen LogP contribution in [0.3, 0.4) is 0 Å². The second-order valence-electron chi connectivity index (χ2n) is 5.95. The molecule has 0 bridgehead atoms. The quantitative estimate of drug-likeness (QED) is 0.890. The maximum atomic E-state index is 12.3. The number of hydrogen-bond donors (Lipinski definition) is 2. The molecule has 2 heterocycles. The van der Waals surface area contributed by atoms with Crippen molar-refractivity contribution < 1.29 is 14.3 Å². The Morgan fingerprint density at radius 1 is 1.52 bits per heavy atom. The molecule has 6 heteroatoms. The number of aliphatic hydroxyl groups is 1. The SMILES string of the molecule is CC(C)(C)C(CCO)NC(=O)c1csc(-c2ccoc2)n1. The summed E-state index contributed by atoms with van der Waals surface area (Å²) in [4.78, 5) is 16.6. The number of nitrogens with one attached hydrogen (secondary N) is 1. The minimum absolute atomic E-state index is 0.0412. The molecule has 2 aromatic heterocycles. The van der Waals surface area contributed by atoms with E-state index < -0.39 is 0 Å². The second-order valence-corrected chi connectivity index (χ2v) is 6.81. The van der Waals surface area contributed by atoms with Crippen molar-refractivity contribution in [2.24, 2.45) is 5.41 Å². The molecule has 0 aliphatic heterocycles. The van der Waals surface area contributed by atoms with E-state index in [1.807, 2.05) is 26.8 Å². The van der Waals surface area contributed by atoms with Gasteiger partial charge in [0.05, 0.1) is 6.26 Å². The van der Waals surface area contributed by atoms with E-state index in [1.165, 1.54) is 11.3 Å². The highest BCUT2D eigenvalue weighted by molar-refractivity contribution is 7.13. The van der Waals surface area contributed by atoms with Gasteiger partial charge in [-0.15, -0.1) is 11.3 Å². The molecule has 0 aliphatic rings. The number of thiazole rings is 1. The lowest BCUT2D eigenvalue weighted by Crippen LogP contribution is -2.44. The molecule has 0 aliphatic carbocycles. The zero-order chi connectivity index (χ0) is 15.5. The van der Waals surface area contributed by atoms with E-state index in [9.17, 15) is 4.79 Å². The maximum Gasteiger partial charge on any atom is 0.271 e. The Bertz CT molecular complexity index is 584. The van der Waals surface area contributed by atoms with Crippen LogP contribution in [0.5, 0.6) is 0 Å². The molecule has 2 rings (SSSR count). The van der Waals surface area contributed by atoms with E-state index in [0.717, 1.165) is 10.6 Å². The zero-order valence-corrected chi connectivity index (χ0v) is 13.2. The van der Waals surface area contributed by atoms with Crippen LogP contribution in [0.4, 0.5) is 0 Å². The van der Waals surface area contributed by atoms with Gasteiger partial charge in [0.25, 0.3) is 5.91 Å². The van der Waals surface area contributed by atoms with Gasteiger partial charge in [0.2, 0.25) is 0 Å². The minimum atomic E-state index is -0.214. The van der Waals surface area contributed by atoms with Crippen LogP contribution in [0.15, 0.2) is 28.4 Å². The van der Waals surface area contributed by atoms with E-state index in [1.54, 1.807) is 17.9 Å². The third-order valence-corrected chi connectivity index (χ3v) is 4.16. The Kier molecular flexibility index (Phi) is 4.80. The molecule has 2 aromatic rings. The lowest BCUT2D eigenvalue weighted by Gasteiger charge is -2.30. The normalized spacial score (nSPS) is 13.1. The Balaban J connectivity index is 2.09. The summed E-state index contributed by atoms with van der Waals surface area (Å²) in [5.41, 5.74) is 1.13. The maximum absolute atomic E-state index is 12.3.